The fourth-order valence-corrected chi connectivity index (χ4v) is 7.92. The van der Waals surface area contributed by atoms with Gasteiger partial charge in [0.25, 0.3) is 0 Å². The van der Waals surface area contributed by atoms with E-state index in [2.05, 4.69) is 41.5 Å². The molecule has 14 heteroatoms. The van der Waals surface area contributed by atoms with Crippen LogP contribution in [0.1, 0.15) is 101 Å². The lowest BCUT2D eigenvalue weighted by Crippen LogP contribution is -2.27. The Morgan fingerprint density at radius 3 is 1.28 bits per heavy atom. The molecule has 8 nitrogen and oxygen atoms in total. The lowest BCUT2D eigenvalue weighted by molar-refractivity contribution is -0.156. The van der Waals surface area contributed by atoms with Gasteiger partial charge in [-0.15, -0.1) is 0 Å². The van der Waals surface area contributed by atoms with Crippen molar-refractivity contribution in [1.29, 1.82) is 0 Å². The summed E-state index contributed by atoms with van der Waals surface area (Å²) in [6.45, 7) is 13.1. The summed E-state index contributed by atoms with van der Waals surface area (Å²) >= 11 is 37.6. The molecule has 274 valence electrons. The van der Waals surface area contributed by atoms with E-state index >= 15 is 0 Å². The fraction of sp³-hybridized carbons (Fsp3) is 0.556. The Labute approximate surface area is 322 Å². The van der Waals surface area contributed by atoms with Crippen LogP contribution in [0.2, 0.25) is 30.1 Å². The molecule has 0 bridgehead atoms. The molecule has 0 radical (unpaired) electrons. The number of hydrogen-bond donors (Lipinski definition) is 0. The first-order valence-electron chi connectivity index (χ1n) is 16.4. The molecule has 6 unspecified atom stereocenters. The van der Waals surface area contributed by atoms with Gasteiger partial charge in [0.05, 0.1) is 43.3 Å². The normalized spacial score (nSPS) is 23.4. The van der Waals surface area contributed by atoms with Crippen molar-refractivity contribution in [2.75, 3.05) is 13.2 Å². The maximum absolute atomic E-state index is 13.2. The molecule has 0 aliphatic heterocycles. The van der Waals surface area contributed by atoms with E-state index < -0.39 is 46.5 Å². The summed E-state index contributed by atoms with van der Waals surface area (Å²) in [6, 6.07) is 2.26. The van der Waals surface area contributed by atoms with Crippen LogP contribution in [0.25, 0.3) is 0 Å². The molecule has 2 aliphatic rings. The Morgan fingerprint density at radius 2 is 0.980 bits per heavy atom. The number of hydrogen-bond acceptors (Lipinski definition) is 8. The van der Waals surface area contributed by atoms with Crippen molar-refractivity contribution in [1.82, 2.24) is 0 Å². The summed E-state index contributed by atoms with van der Waals surface area (Å²) in [5, 5.41) is -1.48. The third-order valence-electron chi connectivity index (χ3n) is 10.1. The maximum Gasteiger partial charge on any atom is 0.423 e. The van der Waals surface area contributed by atoms with Crippen molar-refractivity contribution in [3.05, 3.63) is 53.4 Å². The minimum absolute atomic E-state index is 0.0482. The molecule has 2 aromatic carbocycles. The second-order valence-corrected chi connectivity index (χ2v) is 16.9. The van der Waals surface area contributed by atoms with Gasteiger partial charge in [0.15, 0.2) is 11.5 Å². The van der Waals surface area contributed by atoms with Crippen LogP contribution in [0.15, 0.2) is 12.1 Å². The van der Waals surface area contributed by atoms with E-state index in [1.807, 2.05) is 0 Å². The highest BCUT2D eigenvalue weighted by atomic mass is 35.5. The highest BCUT2D eigenvalue weighted by Gasteiger charge is 2.47. The molecule has 0 amide bonds. The fourth-order valence-electron chi connectivity index (χ4n) is 6.49. The van der Waals surface area contributed by atoms with Crippen molar-refractivity contribution >= 4 is 93.5 Å². The van der Waals surface area contributed by atoms with Gasteiger partial charge in [-0.05, 0) is 85.2 Å². The number of carbonyl (C=O) groups is 4. The van der Waals surface area contributed by atoms with E-state index in [1.165, 1.54) is 0 Å². The van der Waals surface area contributed by atoms with E-state index in [4.69, 9.17) is 88.6 Å². The predicted molar refractivity (Wildman–Crippen MR) is 195 cm³/mol. The molecule has 6 atom stereocenters. The monoisotopic (exact) mass is 810 g/mol. The zero-order chi connectivity index (χ0) is 37.3. The van der Waals surface area contributed by atoms with Gasteiger partial charge in [-0.1, -0.05) is 111 Å². The Hall–Kier alpha value is -1.94. The third-order valence-corrected chi connectivity index (χ3v) is 12.3. The van der Waals surface area contributed by atoms with E-state index in [0.717, 1.165) is 37.8 Å². The maximum atomic E-state index is 13.2. The van der Waals surface area contributed by atoms with Gasteiger partial charge in [-0.25, -0.2) is 19.2 Å². The van der Waals surface area contributed by atoms with Gasteiger partial charge in [-0.2, -0.15) is 0 Å². The molecular formula is C36H40Cl6O8. The summed E-state index contributed by atoms with van der Waals surface area (Å²) in [5.74, 6) is -4.52. The minimum Gasteiger partial charge on any atom is -0.462 e. The van der Waals surface area contributed by atoms with Crippen molar-refractivity contribution in [3.8, 4) is 11.5 Å². The number of carbonyl (C=O) groups excluding carboxylic acids is 4. The van der Waals surface area contributed by atoms with Crippen LogP contribution in [0, 0.1) is 34.5 Å². The summed E-state index contributed by atoms with van der Waals surface area (Å²) in [6.07, 6.45) is 5.45. The number of halogens is 6. The second kappa shape index (κ2) is 16.4. The lowest BCUT2D eigenvalue weighted by Gasteiger charge is -2.18. The van der Waals surface area contributed by atoms with E-state index in [1.54, 1.807) is 0 Å². The molecular weight excluding hydrogens is 773 g/mol. The lowest BCUT2D eigenvalue weighted by atomic mass is 9.91. The highest BCUT2D eigenvalue weighted by molar-refractivity contribution is 6.47. The van der Waals surface area contributed by atoms with Crippen LogP contribution in [-0.2, 0) is 19.1 Å². The Balaban J connectivity index is 1.45. The summed E-state index contributed by atoms with van der Waals surface area (Å²) in [7, 11) is 0. The van der Waals surface area contributed by atoms with E-state index in [9.17, 15) is 19.2 Å². The van der Waals surface area contributed by atoms with Gasteiger partial charge in [0.1, 0.15) is 11.1 Å². The number of ether oxygens (including phenoxy) is 4. The van der Waals surface area contributed by atoms with Gasteiger partial charge < -0.3 is 18.9 Å². The summed E-state index contributed by atoms with van der Waals surface area (Å²) in [5.41, 5.74) is -0.344. The average molecular weight is 813 g/mol. The molecule has 4 rings (SSSR count). The van der Waals surface area contributed by atoms with Crippen molar-refractivity contribution in [2.45, 2.75) is 80.1 Å². The molecule has 2 aromatic rings. The number of esters is 4. The molecule has 0 saturated heterocycles. The SMILES string of the molecule is CC(CCOC(=O)c1c(Cl)c(Cl)cc(Cl)c1OC(=O)C(=O)Oc1c(Cl)cc(Cl)c(Cl)c1C(=O)OCCC(C)CC1(C)CC1C)CC1(C)CC1C. The van der Waals surface area contributed by atoms with Crippen LogP contribution in [-0.4, -0.2) is 37.1 Å². The van der Waals surface area contributed by atoms with Crippen molar-refractivity contribution in [3.63, 3.8) is 0 Å². The van der Waals surface area contributed by atoms with Gasteiger partial charge in [0, 0.05) is 0 Å². The third kappa shape index (κ3) is 9.73. The molecule has 0 N–H and O–H groups in total. The Bertz CT molecular complexity index is 1560. The number of rotatable bonds is 14. The van der Waals surface area contributed by atoms with Crippen LogP contribution in [0.3, 0.4) is 0 Å². The molecule has 0 aromatic heterocycles. The largest absolute Gasteiger partial charge is 0.462 e. The Kier molecular flexibility index (Phi) is 13.4. The minimum atomic E-state index is -1.64. The number of benzene rings is 2. The molecule has 50 heavy (non-hydrogen) atoms. The zero-order valence-electron chi connectivity index (χ0n) is 28.7. The van der Waals surface area contributed by atoms with Crippen LogP contribution in [0.5, 0.6) is 11.5 Å². The zero-order valence-corrected chi connectivity index (χ0v) is 33.2. The van der Waals surface area contributed by atoms with E-state index in [0.29, 0.717) is 24.7 Å². The quantitative estimate of drug-likeness (QED) is 0.0804. The standard InChI is InChI=1S/C36H40Cl6O8/c1-17(13-35(5)15-19(35)3)7-9-47-31(43)25-27(41)21(37)11-23(39)29(25)49-33(45)34(46)50-30-24(40)12-22(38)28(42)26(30)32(44)48-10-8-18(2)14-36(6)16-20(36)4/h11-12,17-20H,7-10,13-16H2,1-6H3. The molecule has 0 heterocycles. The van der Waals surface area contributed by atoms with Gasteiger partial charge in [0.2, 0.25) is 0 Å². The molecule has 2 aliphatic carbocycles. The smallest absolute Gasteiger partial charge is 0.423 e. The van der Waals surface area contributed by atoms with Crippen LogP contribution < -0.4 is 9.47 Å². The van der Waals surface area contributed by atoms with Gasteiger partial charge >= 0.3 is 23.9 Å². The Morgan fingerprint density at radius 1 is 0.660 bits per heavy atom. The van der Waals surface area contributed by atoms with Gasteiger partial charge in [-0.3, -0.25) is 0 Å². The van der Waals surface area contributed by atoms with E-state index in [-0.39, 0.29) is 66.0 Å². The van der Waals surface area contributed by atoms with Crippen LogP contribution in [0.4, 0.5) is 0 Å². The summed E-state index contributed by atoms with van der Waals surface area (Å²) in [4.78, 5) is 52.4. The molecule has 0 spiro atoms. The first-order chi connectivity index (χ1) is 23.3. The predicted octanol–water partition coefficient (Wildman–Crippen LogP) is 11.4. The first kappa shape index (κ1) is 40.8. The van der Waals surface area contributed by atoms with Crippen molar-refractivity contribution in [2.24, 2.45) is 34.5 Å². The first-order valence-corrected chi connectivity index (χ1v) is 18.7. The summed E-state index contributed by atoms with van der Waals surface area (Å²) < 4.78 is 21.3. The van der Waals surface area contributed by atoms with Crippen molar-refractivity contribution < 1.29 is 38.1 Å². The molecule has 2 fully saturated rings. The highest BCUT2D eigenvalue weighted by Crippen LogP contribution is 2.57. The molecule has 2 saturated carbocycles. The van der Waals surface area contributed by atoms with Crippen LogP contribution >= 0.6 is 69.6 Å². The second-order valence-electron chi connectivity index (χ2n) is 14.5. The topological polar surface area (TPSA) is 105 Å². The average Bonchev–Trinajstić information content (AvgIpc) is 3.83.